The lowest BCUT2D eigenvalue weighted by Crippen LogP contribution is -2.20. The summed E-state index contributed by atoms with van der Waals surface area (Å²) in [6.45, 7) is 3.61. The van der Waals surface area contributed by atoms with Gasteiger partial charge in [-0.3, -0.25) is 9.36 Å². The molecule has 1 heterocycles. The molecule has 0 N–H and O–H groups in total. The Morgan fingerprint density at radius 1 is 1.20 bits per heavy atom. The number of imidazole rings is 1. The molecule has 0 amide bonds. The largest absolute Gasteiger partial charge is 0.493 e. The first-order chi connectivity index (χ1) is 12.2. The van der Waals surface area contributed by atoms with Crippen LogP contribution in [0.15, 0.2) is 66.3 Å². The van der Waals surface area contributed by atoms with Gasteiger partial charge in [0.1, 0.15) is 0 Å². The summed E-state index contributed by atoms with van der Waals surface area (Å²) < 4.78 is 12.5. The topological polar surface area (TPSA) is 53.4 Å². The molecule has 3 rings (SSSR count). The molecule has 0 bridgehead atoms. The van der Waals surface area contributed by atoms with Crippen LogP contribution in [0.3, 0.4) is 0 Å². The zero-order valence-corrected chi connectivity index (χ0v) is 14.7. The maximum atomic E-state index is 12.8. The Labute approximate surface area is 150 Å². The van der Waals surface area contributed by atoms with Gasteiger partial charge in [-0.15, -0.1) is 6.58 Å². The molecular formula is C19H18N2O3S. The molecule has 0 unspecified atom stereocenters. The highest BCUT2D eigenvalue weighted by Crippen LogP contribution is 2.27. The molecule has 25 heavy (non-hydrogen) atoms. The maximum absolute atomic E-state index is 12.8. The monoisotopic (exact) mass is 354 g/mol. The third kappa shape index (κ3) is 3.69. The molecule has 0 radical (unpaired) electrons. The molecule has 0 saturated heterocycles. The van der Waals surface area contributed by atoms with E-state index in [1.165, 1.54) is 11.8 Å². The van der Waals surface area contributed by atoms with E-state index in [0.29, 0.717) is 22.4 Å². The van der Waals surface area contributed by atoms with Crippen LogP contribution in [0.4, 0.5) is 0 Å². The molecule has 5 nitrogen and oxygen atoms in total. The number of carbonyl (C=O) groups is 1. The standard InChI is InChI=1S/C19H18N2O3S/c1-3-12-25-19-20-14-8-4-5-9-15(14)21(19)18(22)13-24-17-11-7-6-10-16(17)23-2/h3-11H,1,12-13H2,2H3. The lowest BCUT2D eigenvalue weighted by atomic mass is 10.3. The highest BCUT2D eigenvalue weighted by Gasteiger charge is 2.18. The smallest absolute Gasteiger partial charge is 0.271 e. The summed E-state index contributed by atoms with van der Waals surface area (Å²) >= 11 is 1.46. The van der Waals surface area contributed by atoms with E-state index in [1.54, 1.807) is 29.9 Å². The second kappa shape index (κ2) is 7.90. The first-order valence-electron chi connectivity index (χ1n) is 7.74. The third-order valence-electron chi connectivity index (χ3n) is 3.53. The van der Waals surface area contributed by atoms with Crippen LogP contribution in [0, 0.1) is 0 Å². The summed E-state index contributed by atoms with van der Waals surface area (Å²) in [5.74, 6) is 1.60. The van der Waals surface area contributed by atoms with Gasteiger partial charge in [-0.05, 0) is 24.3 Å². The third-order valence-corrected chi connectivity index (χ3v) is 4.46. The van der Waals surface area contributed by atoms with Crippen molar-refractivity contribution >= 4 is 28.7 Å². The molecule has 0 aliphatic heterocycles. The fourth-order valence-electron chi connectivity index (χ4n) is 2.42. The molecule has 0 spiro atoms. The summed E-state index contributed by atoms with van der Waals surface area (Å²) in [5, 5.41) is 0.634. The average Bonchev–Trinajstić information content (AvgIpc) is 3.03. The number of ether oxygens (including phenoxy) is 2. The van der Waals surface area contributed by atoms with Gasteiger partial charge >= 0.3 is 0 Å². The molecule has 3 aromatic rings. The van der Waals surface area contributed by atoms with Crippen molar-refractivity contribution in [2.45, 2.75) is 5.16 Å². The molecule has 0 aliphatic rings. The number of fused-ring (bicyclic) bond motifs is 1. The van der Waals surface area contributed by atoms with Crippen LogP contribution in [0.25, 0.3) is 11.0 Å². The Kier molecular flexibility index (Phi) is 5.40. The molecule has 1 aromatic heterocycles. The van der Waals surface area contributed by atoms with Crippen molar-refractivity contribution in [1.29, 1.82) is 0 Å². The first kappa shape index (κ1) is 17.1. The first-order valence-corrected chi connectivity index (χ1v) is 8.73. The van der Waals surface area contributed by atoms with Crippen molar-refractivity contribution in [1.82, 2.24) is 9.55 Å². The number of benzene rings is 2. The van der Waals surface area contributed by atoms with Gasteiger partial charge in [0, 0.05) is 5.75 Å². The van der Waals surface area contributed by atoms with Crippen LogP contribution < -0.4 is 9.47 Å². The molecule has 2 aromatic carbocycles. The average molecular weight is 354 g/mol. The summed E-state index contributed by atoms with van der Waals surface area (Å²) in [5.41, 5.74) is 1.54. The van der Waals surface area contributed by atoms with E-state index >= 15 is 0 Å². The van der Waals surface area contributed by atoms with E-state index in [-0.39, 0.29) is 12.5 Å². The summed E-state index contributed by atoms with van der Waals surface area (Å²) in [7, 11) is 1.57. The number of aromatic nitrogens is 2. The van der Waals surface area contributed by atoms with Crippen molar-refractivity contribution in [2.75, 3.05) is 19.5 Å². The van der Waals surface area contributed by atoms with Crippen molar-refractivity contribution in [2.24, 2.45) is 0 Å². The molecule has 6 heteroatoms. The Balaban J connectivity index is 1.87. The van der Waals surface area contributed by atoms with E-state index in [9.17, 15) is 4.79 Å². The number of nitrogens with zero attached hydrogens (tertiary/aromatic N) is 2. The minimum absolute atomic E-state index is 0.109. The summed E-state index contributed by atoms with van der Waals surface area (Å²) in [6.07, 6.45) is 1.78. The Morgan fingerprint density at radius 2 is 1.92 bits per heavy atom. The minimum Gasteiger partial charge on any atom is -0.493 e. The minimum atomic E-state index is -0.189. The Bertz CT molecular complexity index is 905. The highest BCUT2D eigenvalue weighted by atomic mass is 32.2. The summed E-state index contributed by atoms with van der Waals surface area (Å²) in [4.78, 5) is 17.3. The van der Waals surface area contributed by atoms with Crippen molar-refractivity contribution < 1.29 is 14.3 Å². The van der Waals surface area contributed by atoms with E-state index in [2.05, 4.69) is 11.6 Å². The number of methoxy groups -OCH3 is 1. The highest BCUT2D eigenvalue weighted by molar-refractivity contribution is 7.99. The van der Waals surface area contributed by atoms with Crippen LogP contribution in [0.1, 0.15) is 4.79 Å². The van der Waals surface area contributed by atoms with Crippen molar-refractivity contribution in [3.63, 3.8) is 0 Å². The lowest BCUT2D eigenvalue weighted by molar-refractivity contribution is 0.0830. The summed E-state index contributed by atoms with van der Waals surface area (Å²) in [6, 6.07) is 14.8. The van der Waals surface area contributed by atoms with E-state index in [0.717, 1.165) is 11.0 Å². The second-order valence-electron chi connectivity index (χ2n) is 5.15. The van der Waals surface area contributed by atoms with Gasteiger partial charge in [-0.25, -0.2) is 4.98 Å². The van der Waals surface area contributed by atoms with Crippen LogP contribution in [0.5, 0.6) is 11.5 Å². The number of hydrogen-bond donors (Lipinski definition) is 0. The van der Waals surface area contributed by atoms with Gasteiger partial charge in [-0.2, -0.15) is 0 Å². The van der Waals surface area contributed by atoms with E-state index < -0.39 is 0 Å². The fraction of sp³-hybridized carbons (Fsp3) is 0.158. The Morgan fingerprint density at radius 3 is 2.68 bits per heavy atom. The van der Waals surface area contributed by atoms with Crippen molar-refractivity contribution in [3.05, 3.63) is 61.2 Å². The number of para-hydroxylation sites is 4. The zero-order chi connectivity index (χ0) is 17.6. The van der Waals surface area contributed by atoms with Crippen LogP contribution in [-0.2, 0) is 0 Å². The van der Waals surface area contributed by atoms with Gasteiger partial charge in [-0.1, -0.05) is 42.1 Å². The molecule has 0 fully saturated rings. The predicted octanol–water partition coefficient (Wildman–Crippen LogP) is 4.04. The van der Waals surface area contributed by atoms with E-state index in [1.807, 2.05) is 36.4 Å². The van der Waals surface area contributed by atoms with Crippen LogP contribution in [0.2, 0.25) is 0 Å². The molecular weight excluding hydrogens is 336 g/mol. The van der Waals surface area contributed by atoms with Crippen LogP contribution in [-0.4, -0.2) is 34.9 Å². The molecule has 128 valence electrons. The lowest BCUT2D eigenvalue weighted by Gasteiger charge is -2.11. The Hall–Kier alpha value is -2.73. The van der Waals surface area contributed by atoms with Gasteiger partial charge < -0.3 is 9.47 Å². The number of rotatable bonds is 7. The van der Waals surface area contributed by atoms with Crippen molar-refractivity contribution in [3.8, 4) is 11.5 Å². The van der Waals surface area contributed by atoms with E-state index in [4.69, 9.17) is 9.47 Å². The SMILES string of the molecule is C=CCSc1nc2ccccc2n1C(=O)COc1ccccc1OC. The molecule has 0 atom stereocenters. The molecule has 0 aliphatic carbocycles. The fourth-order valence-corrected chi connectivity index (χ4v) is 3.18. The van der Waals surface area contributed by atoms with Gasteiger partial charge in [0.25, 0.3) is 5.91 Å². The number of thioether (sulfide) groups is 1. The van der Waals surface area contributed by atoms with Gasteiger partial charge in [0.05, 0.1) is 18.1 Å². The molecule has 0 saturated carbocycles. The van der Waals surface area contributed by atoms with Gasteiger partial charge in [0.2, 0.25) is 0 Å². The normalized spacial score (nSPS) is 10.6. The predicted molar refractivity (Wildman–Crippen MR) is 99.8 cm³/mol. The number of carbonyl (C=O) groups excluding carboxylic acids is 1. The van der Waals surface area contributed by atoms with Crippen LogP contribution >= 0.6 is 11.8 Å². The zero-order valence-electron chi connectivity index (χ0n) is 13.8. The maximum Gasteiger partial charge on any atom is 0.271 e. The quantitative estimate of drug-likeness (QED) is 0.473. The second-order valence-corrected chi connectivity index (χ2v) is 6.14. The number of hydrogen-bond acceptors (Lipinski definition) is 5. The van der Waals surface area contributed by atoms with Gasteiger partial charge in [0.15, 0.2) is 23.3 Å².